The Bertz CT molecular complexity index is 318. The first-order valence-electron chi connectivity index (χ1n) is 5.34. The summed E-state index contributed by atoms with van der Waals surface area (Å²) in [4.78, 5) is 11.7. The lowest BCUT2D eigenvalue weighted by atomic mass is 10.1. The van der Waals surface area contributed by atoms with Crippen LogP contribution in [0.25, 0.3) is 0 Å². The molecule has 0 spiro atoms. The highest BCUT2D eigenvalue weighted by Crippen LogP contribution is 2.11. The number of benzene rings is 1. The van der Waals surface area contributed by atoms with Crippen LogP contribution in [0.2, 0.25) is 0 Å². The van der Waals surface area contributed by atoms with Crippen molar-refractivity contribution in [3.05, 3.63) is 35.9 Å². The Morgan fingerprint density at radius 1 is 1.27 bits per heavy atom. The van der Waals surface area contributed by atoms with E-state index in [2.05, 4.69) is 5.32 Å². The summed E-state index contributed by atoms with van der Waals surface area (Å²) >= 11 is 0. The Morgan fingerprint density at radius 3 is 2.73 bits per heavy atom. The monoisotopic (exact) mass is 205 g/mol. The van der Waals surface area contributed by atoms with Gasteiger partial charge in [0.25, 0.3) is 5.91 Å². The molecule has 1 amide bonds. The second-order valence-electron chi connectivity index (χ2n) is 3.69. The molecule has 1 fully saturated rings. The second-order valence-corrected chi connectivity index (χ2v) is 3.69. The van der Waals surface area contributed by atoms with Crippen LogP contribution in [0.4, 0.5) is 0 Å². The molecule has 0 radical (unpaired) electrons. The molecule has 1 atom stereocenters. The Hall–Kier alpha value is -1.35. The van der Waals surface area contributed by atoms with E-state index in [1.807, 2.05) is 18.2 Å². The highest BCUT2D eigenvalue weighted by molar-refractivity contribution is 5.94. The van der Waals surface area contributed by atoms with Gasteiger partial charge in [-0.1, -0.05) is 18.2 Å². The zero-order chi connectivity index (χ0) is 10.5. The number of hydrogen-bond acceptors (Lipinski definition) is 2. The van der Waals surface area contributed by atoms with Crippen LogP contribution in [0.3, 0.4) is 0 Å². The fourth-order valence-electron chi connectivity index (χ4n) is 1.67. The van der Waals surface area contributed by atoms with E-state index < -0.39 is 0 Å². The standard InChI is InChI=1S/C12H15NO2/c14-12(10-6-2-1-3-7-10)13-11-8-4-5-9-15-11/h1-3,6-7,11H,4-5,8-9H2,(H,13,14). The average Bonchev–Trinajstić information content (AvgIpc) is 2.31. The lowest BCUT2D eigenvalue weighted by Gasteiger charge is -2.23. The fourth-order valence-corrected chi connectivity index (χ4v) is 1.67. The molecular formula is C12H15NO2. The van der Waals surface area contributed by atoms with Gasteiger partial charge in [-0.15, -0.1) is 0 Å². The molecule has 1 heterocycles. The lowest BCUT2D eigenvalue weighted by Crippen LogP contribution is -2.38. The van der Waals surface area contributed by atoms with E-state index in [9.17, 15) is 4.79 Å². The van der Waals surface area contributed by atoms with Gasteiger partial charge in [0.2, 0.25) is 0 Å². The van der Waals surface area contributed by atoms with E-state index in [1.165, 1.54) is 0 Å². The third-order valence-corrected chi connectivity index (χ3v) is 2.51. The maximum Gasteiger partial charge on any atom is 0.253 e. The minimum absolute atomic E-state index is 0.0532. The summed E-state index contributed by atoms with van der Waals surface area (Å²) in [5.74, 6) is -0.0532. The number of rotatable bonds is 2. The number of amides is 1. The smallest absolute Gasteiger partial charge is 0.253 e. The third-order valence-electron chi connectivity index (χ3n) is 2.51. The van der Waals surface area contributed by atoms with Gasteiger partial charge in [-0.05, 0) is 31.4 Å². The molecule has 0 bridgehead atoms. The van der Waals surface area contributed by atoms with Crippen LogP contribution in [0.15, 0.2) is 30.3 Å². The summed E-state index contributed by atoms with van der Waals surface area (Å²) in [5, 5.41) is 2.87. The molecule has 0 aliphatic carbocycles. The summed E-state index contributed by atoms with van der Waals surface area (Å²) in [6.45, 7) is 0.750. The van der Waals surface area contributed by atoms with Gasteiger partial charge in [0.1, 0.15) is 6.23 Å². The van der Waals surface area contributed by atoms with Gasteiger partial charge < -0.3 is 10.1 Å². The number of hydrogen-bond donors (Lipinski definition) is 1. The third kappa shape index (κ3) is 2.80. The van der Waals surface area contributed by atoms with Crippen molar-refractivity contribution in [1.82, 2.24) is 5.32 Å². The largest absolute Gasteiger partial charge is 0.359 e. The SMILES string of the molecule is O=C(NC1CCCCO1)c1ccccc1. The zero-order valence-electron chi connectivity index (χ0n) is 8.61. The number of ether oxygens (including phenoxy) is 1. The topological polar surface area (TPSA) is 38.3 Å². The van der Waals surface area contributed by atoms with Crippen molar-refractivity contribution in [2.24, 2.45) is 0 Å². The van der Waals surface area contributed by atoms with Crippen LogP contribution in [0.1, 0.15) is 29.6 Å². The van der Waals surface area contributed by atoms with Crippen LogP contribution < -0.4 is 5.32 Å². The van der Waals surface area contributed by atoms with Crippen molar-refractivity contribution < 1.29 is 9.53 Å². The van der Waals surface area contributed by atoms with Crippen LogP contribution in [-0.2, 0) is 4.74 Å². The van der Waals surface area contributed by atoms with Crippen LogP contribution in [0.5, 0.6) is 0 Å². The van der Waals surface area contributed by atoms with E-state index >= 15 is 0 Å². The predicted octanol–water partition coefficient (Wildman–Crippen LogP) is 1.94. The Labute approximate surface area is 89.4 Å². The molecule has 1 aromatic rings. The molecule has 1 aliphatic rings. The van der Waals surface area contributed by atoms with Crippen molar-refractivity contribution in [1.29, 1.82) is 0 Å². The summed E-state index contributed by atoms with van der Waals surface area (Å²) in [6, 6.07) is 9.22. The number of carbonyl (C=O) groups is 1. The molecule has 1 aromatic carbocycles. The summed E-state index contributed by atoms with van der Waals surface area (Å²) in [5.41, 5.74) is 0.687. The van der Waals surface area contributed by atoms with Gasteiger partial charge in [-0.2, -0.15) is 0 Å². The highest BCUT2D eigenvalue weighted by atomic mass is 16.5. The van der Waals surface area contributed by atoms with E-state index in [4.69, 9.17) is 4.74 Å². The highest BCUT2D eigenvalue weighted by Gasteiger charge is 2.16. The summed E-state index contributed by atoms with van der Waals surface area (Å²) < 4.78 is 5.44. The molecule has 0 saturated carbocycles. The molecule has 80 valence electrons. The molecule has 1 unspecified atom stereocenters. The van der Waals surface area contributed by atoms with Crippen molar-refractivity contribution in [3.8, 4) is 0 Å². The molecule has 1 saturated heterocycles. The first kappa shape index (κ1) is 10.2. The molecule has 1 aliphatic heterocycles. The van der Waals surface area contributed by atoms with Crippen LogP contribution >= 0.6 is 0 Å². The number of nitrogens with one attached hydrogen (secondary N) is 1. The quantitative estimate of drug-likeness (QED) is 0.801. The normalized spacial score (nSPS) is 20.9. The molecule has 1 N–H and O–H groups in total. The van der Waals surface area contributed by atoms with Crippen molar-refractivity contribution in [3.63, 3.8) is 0 Å². The molecule has 0 aromatic heterocycles. The van der Waals surface area contributed by atoms with Gasteiger partial charge in [0.05, 0.1) is 0 Å². The number of carbonyl (C=O) groups excluding carboxylic acids is 1. The molecule has 15 heavy (non-hydrogen) atoms. The Morgan fingerprint density at radius 2 is 2.07 bits per heavy atom. The fraction of sp³-hybridized carbons (Fsp3) is 0.417. The summed E-state index contributed by atoms with van der Waals surface area (Å²) in [6.07, 6.45) is 3.03. The Balaban J connectivity index is 1.91. The average molecular weight is 205 g/mol. The second kappa shape index (κ2) is 4.94. The first-order valence-corrected chi connectivity index (χ1v) is 5.34. The predicted molar refractivity (Wildman–Crippen MR) is 57.5 cm³/mol. The minimum atomic E-state index is -0.105. The van der Waals surface area contributed by atoms with Gasteiger partial charge >= 0.3 is 0 Å². The van der Waals surface area contributed by atoms with E-state index in [0.717, 1.165) is 25.9 Å². The minimum Gasteiger partial charge on any atom is -0.359 e. The lowest BCUT2D eigenvalue weighted by molar-refractivity contribution is -0.00265. The maximum absolute atomic E-state index is 11.7. The molecule has 3 heteroatoms. The van der Waals surface area contributed by atoms with Crippen LogP contribution in [0, 0.1) is 0 Å². The van der Waals surface area contributed by atoms with E-state index in [0.29, 0.717) is 5.56 Å². The van der Waals surface area contributed by atoms with Crippen molar-refractivity contribution in [2.75, 3.05) is 6.61 Å². The van der Waals surface area contributed by atoms with Gasteiger partial charge in [-0.3, -0.25) is 4.79 Å². The maximum atomic E-state index is 11.7. The van der Waals surface area contributed by atoms with E-state index in [1.54, 1.807) is 12.1 Å². The summed E-state index contributed by atoms with van der Waals surface area (Å²) in [7, 11) is 0. The Kier molecular flexibility index (Phi) is 3.35. The van der Waals surface area contributed by atoms with Crippen molar-refractivity contribution in [2.45, 2.75) is 25.5 Å². The zero-order valence-corrected chi connectivity index (χ0v) is 8.61. The van der Waals surface area contributed by atoms with Gasteiger partial charge in [0.15, 0.2) is 0 Å². The van der Waals surface area contributed by atoms with Crippen molar-refractivity contribution >= 4 is 5.91 Å². The van der Waals surface area contributed by atoms with Gasteiger partial charge in [-0.25, -0.2) is 0 Å². The molecule has 3 nitrogen and oxygen atoms in total. The molecular weight excluding hydrogens is 190 g/mol. The van der Waals surface area contributed by atoms with Crippen LogP contribution in [-0.4, -0.2) is 18.7 Å². The van der Waals surface area contributed by atoms with E-state index in [-0.39, 0.29) is 12.1 Å². The molecule has 2 rings (SSSR count). The van der Waals surface area contributed by atoms with Gasteiger partial charge in [0, 0.05) is 12.2 Å². The first-order chi connectivity index (χ1) is 7.36.